The van der Waals surface area contributed by atoms with Gasteiger partial charge in [-0.2, -0.15) is 0 Å². The summed E-state index contributed by atoms with van der Waals surface area (Å²) in [6, 6.07) is 12.7. The number of carbonyl (C=O) groups excluding carboxylic acids is 1. The van der Waals surface area contributed by atoms with E-state index in [1.807, 2.05) is 30.3 Å². The fraction of sp³-hybridized carbons (Fsp3) is 0.211. The number of nitrogens with zero attached hydrogens (tertiary/aromatic N) is 2. The van der Waals surface area contributed by atoms with Crippen LogP contribution in [-0.2, 0) is 11.3 Å². The lowest BCUT2D eigenvalue weighted by atomic mass is 10.2. The van der Waals surface area contributed by atoms with E-state index in [-0.39, 0.29) is 5.91 Å². The molecule has 0 spiro atoms. The number of methoxy groups -OCH3 is 2. The molecule has 8 nitrogen and oxygen atoms in total. The molecule has 3 aromatic rings. The Hall–Kier alpha value is -3.55. The Bertz CT molecular complexity index is 922. The molecule has 0 atom stereocenters. The zero-order valence-corrected chi connectivity index (χ0v) is 15.3. The van der Waals surface area contributed by atoms with Crippen LogP contribution in [0.4, 0.5) is 11.4 Å². The molecular formula is C19H20N4O4. The SMILES string of the molecule is COc1ccc(-c2nnc(CNc3ccc(NC(C)=O)cc3)o2)cc1OC. The predicted octanol–water partition coefficient (Wildman–Crippen LogP) is 3.32. The molecule has 1 aromatic heterocycles. The van der Waals surface area contributed by atoms with E-state index in [1.165, 1.54) is 6.92 Å². The van der Waals surface area contributed by atoms with E-state index >= 15 is 0 Å². The first-order chi connectivity index (χ1) is 13.1. The minimum absolute atomic E-state index is 0.107. The molecule has 0 fully saturated rings. The van der Waals surface area contributed by atoms with Gasteiger partial charge in [0.15, 0.2) is 11.5 Å². The highest BCUT2D eigenvalue weighted by molar-refractivity contribution is 5.88. The van der Waals surface area contributed by atoms with Crippen LogP contribution in [0.1, 0.15) is 12.8 Å². The van der Waals surface area contributed by atoms with Gasteiger partial charge < -0.3 is 24.5 Å². The number of rotatable bonds is 7. The van der Waals surface area contributed by atoms with E-state index < -0.39 is 0 Å². The fourth-order valence-corrected chi connectivity index (χ4v) is 2.46. The van der Waals surface area contributed by atoms with Crippen LogP contribution in [0.2, 0.25) is 0 Å². The van der Waals surface area contributed by atoms with Gasteiger partial charge in [0.2, 0.25) is 17.7 Å². The third kappa shape index (κ3) is 4.55. The summed E-state index contributed by atoms with van der Waals surface area (Å²) in [5, 5.41) is 14.0. The largest absolute Gasteiger partial charge is 0.493 e. The molecular weight excluding hydrogens is 348 g/mol. The molecule has 1 amide bonds. The Morgan fingerprint density at radius 1 is 1.00 bits per heavy atom. The van der Waals surface area contributed by atoms with Crippen molar-refractivity contribution in [1.29, 1.82) is 0 Å². The fourth-order valence-electron chi connectivity index (χ4n) is 2.46. The Kier molecular flexibility index (Phi) is 5.55. The second-order valence-corrected chi connectivity index (χ2v) is 5.68. The average Bonchev–Trinajstić information content (AvgIpc) is 3.15. The topological polar surface area (TPSA) is 98.5 Å². The Morgan fingerprint density at radius 3 is 2.37 bits per heavy atom. The maximum Gasteiger partial charge on any atom is 0.247 e. The normalized spacial score (nSPS) is 10.3. The van der Waals surface area contributed by atoms with Gasteiger partial charge in [-0.3, -0.25) is 4.79 Å². The first-order valence-electron chi connectivity index (χ1n) is 8.25. The molecule has 0 unspecified atom stereocenters. The van der Waals surface area contributed by atoms with E-state index in [0.29, 0.717) is 29.8 Å². The van der Waals surface area contributed by atoms with E-state index in [1.54, 1.807) is 26.4 Å². The quantitative estimate of drug-likeness (QED) is 0.660. The molecule has 0 aliphatic rings. The third-order valence-electron chi connectivity index (χ3n) is 3.75. The monoisotopic (exact) mass is 368 g/mol. The minimum Gasteiger partial charge on any atom is -0.493 e. The van der Waals surface area contributed by atoms with Crippen LogP contribution in [0.5, 0.6) is 11.5 Å². The number of carbonyl (C=O) groups is 1. The summed E-state index contributed by atoms with van der Waals surface area (Å²) in [7, 11) is 3.15. The number of amides is 1. The number of anilines is 2. The second-order valence-electron chi connectivity index (χ2n) is 5.68. The van der Waals surface area contributed by atoms with E-state index in [0.717, 1.165) is 16.9 Å². The summed E-state index contributed by atoms with van der Waals surface area (Å²) < 4.78 is 16.2. The van der Waals surface area contributed by atoms with Crippen molar-refractivity contribution in [1.82, 2.24) is 10.2 Å². The molecule has 1 heterocycles. The van der Waals surface area contributed by atoms with Crippen LogP contribution in [0.3, 0.4) is 0 Å². The summed E-state index contributed by atoms with van der Waals surface area (Å²) in [5.74, 6) is 1.96. The maximum atomic E-state index is 11.0. The Labute approximate surface area is 156 Å². The molecule has 0 saturated heterocycles. The van der Waals surface area contributed by atoms with E-state index in [2.05, 4.69) is 20.8 Å². The number of benzene rings is 2. The van der Waals surface area contributed by atoms with Gasteiger partial charge in [-0.1, -0.05) is 0 Å². The molecule has 0 saturated carbocycles. The van der Waals surface area contributed by atoms with Crippen molar-refractivity contribution in [2.75, 3.05) is 24.9 Å². The molecule has 140 valence electrons. The molecule has 2 aromatic carbocycles. The van der Waals surface area contributed by atoms with Crippen molar-refractivity contribution in [3.63, 3.8) is 0 Å². The van der Waals surface area contributed by atoms with Gasteiger partial charge in [-0.25, -0.2) is 0 Å². The number of hydrogen-bond donors (Lipinski definition) is 2. The lowest BCUT2D eigenvalue weighted by Crippen LogP contribution is -2.05. The number of aromatic nitrogens is 2. The summed E-state index contributed by atoms with van der Waals surface area (Å²) in [6.07, 6.45) is 0. The highest BCUT2D eigenvalue weighted by atomic mass is 16.5. The van der Waals surface area contributed by atoms with Gasteiger partial charge in [0.1, 0.15) is 0 Å². The van der Waals surface area contributed by atoms with Gasteiger partial charge in [0.05, 0.1) is 20.8 Å². The second kappa shape index (κ2) is 8.22. The Morgan fingerprint density at radius 2 is 1.70 bits per heavy atom. The van der Waals surface area contributed by atoms with Crippen LogP contribution in [0.15, 0.2) is 46.9 Å². The zero-order chi connectivity index (χ0) is 19.2. The summed E-state index contributed by atoms with van der Waals surface area (Å²) in [6.45, 7) is 1.84. The van der Waals surface area contributed by atoms with E-state index in [9.17, 15) is 4.79 Å². The van der Waals surface area contributed by atoms with Gasteiger partial charge in [-0.15, -0.1) is 10.2 Å². The first-order valence-corrected chi connectivity index (χ1v) is 8.25. The first kappa shape index (κ1) is 18.2. The van der Waals surface area contributed by atoms with Crippen LogP contribution >= 0.6 is 0 Å². The average molecular weight is 368 g/mol. The van der Waals surface area contributed by atoms with Crippen molar-refractivity contribution in [2.24, 2.45) is 0 Å². The molecule has 27 heavy (non-hydrogen) atoms. The van der Waals surface area contributed by atoms with Crippen LogP contribution < -0.4 is 20.1 Å². The van der Waals surface area contributed by atoms with Crippen LogP contribution in [-0.4, -0.2) is 30.3 Å². The standard InChI is InChI=1S/C19H20N4O4/c1-12(24)21-15-7-5-14(6-8-15)20-11-18-22-23-19(27-18)13-4-9-16(25-2)17(10-13)26-3/h4-10,20H,11H2,1-3H3,(H,21,24). The molecule has 3 rings (SSSR count). The van der Waals surface area contributed by atoms with Crippen molar-refractivity contribution >= 4 is 17.3 Å². The highest BCUT2D eigenvalue weighted by Crippen LogP contribution is 2.31. The van der Waals surface area contributed by atoms with Gasteiger partial charge in [-0.05, 0) is 42.5 Å². The van der Waals surface area contributed by atoms with Crippen molar-refractivity contribution < 1.29 is 18.7 Å². The third-order valence-corrected chi connectivity index (χ3v) is 3.75. The minimum atomic E-state index is -0.107. The van der Waals surface area contributed by atoms with Crippen molar-refractivity contribution in [3.8, 4) is 23.0 Å². The summed E-state index contributed by atoms with van der Waals surface area (Å²) >= 11 is 0. The predicted molar refractivity (Wildman–Crippen MR) is 101 cm³/mol. The molecule has 0 aliphatic heterocycles. The van der Waals surface area contributed by atoms with Crippen LogP contribution in [0.25, 0.3) is 11.5 Å². The Balaban J connectivity index is 1.65. The van der Waals surface area contributed by atoms with Gasteiger partial charge in [0.25, 0.3) is 0 Å². The molecule has 8 heteroatoms. The van der Waals surface area contributed by atoms with E-state index in [4.69, 9.17) is 13.9 Å². The molecule has 2 N–H and O–H groups in total. The van der Waals surface area contributed by atoms with Crippen molar-refractivity contribution in [3.05, 3.63) is 48.4 Å². The zero-order valence-electron chi connectivity index (χ0n) is 15.3. The van der Waals surface area contributed by atoms with Gasteiger partial charge in [0, 0.05) is 23.9 Å². The lowest BCUT2D eigenvalue weighted by molar-refractivity contribution is -0.114. The van der Waals surface area contributed by atoms with Gasteiger partial charge >= 0.3 is 0 Å². The summed E-state index contributed by atoms with van der Waals surface area (Å²) in [5.41, 5.74) is 2.35. The number of ether oxygens (including phenoxy) is 2. The lowest BCUT2D eigenvalue weighted by Gasteiger charge is -2.07. The molecule has 0 bridgehead atoms. The smallest absolute Gasteiger partial charge is 0.247 e. The highest BCUT2D eigenvalue weighted by Gasteiger charge is 2.12. The number of hydrogen-bond acceptors (Lipinski definition) is 7. The number of nitrogens with one attached hydrogen (secondary N) is 2. The molecule has 0 aliphatic carbocycles. The maximum absolute atomic E-state index is 11.0. The summed E-state index contributed by atoms with van der Waals surface area (Å²) in [4.78, 5) is 11.0. The van der Waals surface area contributed by atoms with Crippen molar-refractivity contribution in [2.45, 2.75) is 13.5 Å². The molecule has 0 radical (unpaired) electrons. The van der Waals surface area contributed by atoms with Crippen LogP contribution in [0, 0.1) is 0 Å².